The Morgan fingerprint density at radius 1 is 1.36 bits per heavy atom. The molecule has 0 spiro atoms. The van der Waals surface area contributed by atoms with Gasteiger partial charge in [0.15, 0.2) is 0 Å². The molecule has 4 fully saturated rings. The van der Waals surface area contributed by atoms with Gasteiger partial charge in [-0.05, 0) is 51.2 Å². The molecule has 0 saturated carbocycles. The first-order valence-corrected chi connectivity index (χ1v) is 10.8. The van der Waals surface area contributed by atoms with Gasteiger partial charge in [0.05, 0.1) is 12.6 Å². The summed E-state index contributed by atoms with van der Waals surface area (Å²) < 4.78 is 26.0. The van der Waals surface area contributed by atoms with Crippen molar-refractivity contribution in [3.63, 3.8) is 0 Å². The van der Waals surface area contributed by atoms with E-state index < -0.39 is 29.3 Å². The summed E-state index contributed by atoms with van der Waals surface area (Å²) in [6.07, 6.45) is 3.22. The zero-order valence-corrected chi connectivity index (χ0v) is 16.4. The van der Waals surface area contributed by atoms with Crippen molar-refractivity contribution in [3.8, 4) is 0 Å². The monoisotopic (exact) mass is 416 g/mol. The van der Waals surface area contributed by atoms with Crippen LogP contribution in [0, 0.1) is 5.92 Å². The van der Waals surface area contributed by atoms with E-state index in [0.717, 1.165) is 24.6 Å². The zero-order chi connectivity index (χ0) is 19.7. The Morgan fingerprint density at radius 2 is 2.18 bits per heavy atom. The highest BCUT2D eigenvalue weighted by Gasteiger charge is 2.48. The molecular weight excluding hydrogens is 390 g/mol. The van der Waals surface area contributed by atoms with Crippen molar-refractivity contribution >= 4 is 23.3 Å². The van der Waals surface area contributed by atoms with Crippen LogP contribution in [0.25, 0.3) is 0 Å². The van der Waals surface area contributed by atoms with Crippen molar-refractivity contribution in [2.24, 2.45) is 5.92 Å². The second-order valence-electron chi connectivity index (χ2n) is 7.92. The Hall–Kier alpha value is -1.31. The summed E-state index contributed by atoms with van der Waals surface area (Å²) in [5, 5.41) is 4.25. The third-order valence-corrected chi connectivity index (χ3v) is 6.28. The van der Waals surface area contributed by atoms with Gasteiger partial charge in [-0.2, -0.15) is 9.35 Å². The molecule has 4 rings (SSSR count). The number of amides is 3. The van der Waals surface area contributed by atoms with Gasteiger partial charge >= 0.3 is 6.03 Å². The van der Waals surface area contributed by atoms with Crippen molar-refractivity contribution in [2.75, 3.05) is 39.3 Å². The number of piperidine rings is 1. The second-order valence-corrected chi connectivity index (χ2v) is 8.48. The summed E-state index contributed by atoms with van der Waals surface area (Å²) in [4.78, 5) is 33.9. The maximum atomic E-state index is 12.5. The van der Waals surface area contributed by atoms with Crippen LogP contribution < -0.4 is 10.8 Å². The lowest BCUT2D eigenvalue weighted by Crippen LogP contribution is -2.50. The molecule has 3 unspecified atom stereocenters. The number of hydroxylamine groups is 3. The van der Waals surface area contributed by atoms with Gasteiger partial charge in [-0.15, -0.1) is 0 Å². The lowest BCUT2D eigenvalue weighted by atomic mass is 10.0. The largest absolute Gasteiger partial charge is 0.748 e. The van der Waals surface area contributed by atoms with Crippen LogP contribution in [0.3, 0.4) is 0 Å². The highest BCUT2D eigenvalue weighted by molar-refractivity contribution is 7.74. The summed E-state index contributed by atoms with van der Waals surface area (Å²) >= 11 is -2.82. The highest BCUT2D eigenvalue weighted by atomic mass is 32.2. The van der Waals surface area contributed by atoms with Crippen molar-refractivity contribution in [2.45, 2.75) is 43.8 Å². The van der Waals surface area contributed by atoms with Crippen LogP contribution in [-0.4, -0.2) is 93.0 Å². The average molecular weight is 416 g/mol. The number of carbonyl (C=O) groups is 2. The third-order valence-electron chi connectivity index (χ3n) is 6.00. The first-order valence-electron chi connectivity index (χ1n) is 9.76. The summed E-state index contributed by atoms with van der Waals surface area (Å²) in [6, 6.07) is -1.46. The van der Waals surface area contributed by atoms with Gasteiger partial charge in [0.25, 0.3) is 5.91 Å². The van der Waals surface area contributed by atoms with Crippen LogP contribution in [-0.2, 0) is 25.3 Å². The van der Waals surface area contributed by atoms with Gasteiger partial charge in [-0.1, -0.05) is 0 Å². The lowest BCUT2D eigenvalue weighted by molar-refractivity contribution is -0.139. The Labute approximate surface area is 166 Å². The van der Waals surface area contributed by atoms with Crippen LogP contribution in [0.15, 0.2) is 0 Å². The van der Waals surface area contributed by atoms with Crippen LogP contribution in [0.1, 0.15) is 25.7 Å². The minimum Gasteiger partial charge on any atom is -0.748 e. The van der Waals surface area contributed by atoms with Crippen molar-refractivity contribution in [1.82, 2.24) is 25.7 Å². The standard InChI is InChI=1S/C16H27N5O6S/c22-15(14-3-2-13-9-20(14)16(23)21(13)27-28(24)25)18-26-10-12-6-11(7-17-12)8-19-4-1-5-19/h11-14,17H,1-10H2,(H,18,22)(H,24,25)/p-1/t11-,12-,13?,14?/m1/s1. The van der Waals surface area contributed by atoms with E-state index in [2.05, 4.69) is 20.0 Å². The van der Waals surface area contributed by atoms with E-state index >= 15 is 0 Å². The first-order chi connectivity index (χ1) is 13.5. The van der Waals surface area contributed by atoms with Gasteiger partial charge in [0.1, 0.15) is 17.4 Å². The van der Waals surface area contributed by atoms with Crippen LogP contribution in [0.4, 0.5) is 4.79 Å². The average Bonchev–Trinajstić information content (AvgIpc) is 3.17. The molecule has 5 atom stereocenters. The Kier molecular flexibility index (Phi) is 6.13. The molecule has 2 N–H and O–H groups in total. The molecule has 3 amide bonds. The van der Waals surface area contributed by atoms with Gasteiger partial charge in [-0.3, -0.25) is 9.63 Å². The van der Waals surface area contributed by atoms with Crippen LogP contribution >= 0.6 is 0 Å². The van der Waals surface area contributed by atoms with Crippen molar-refractivity contribution in [1.29, 1.82) is 0 Å². The molecule has 0 aromatic heterocycles. The fourth-order valence-electron chi connectivity index (χ4n) is 4.45. The van der Waals surface area contributed by atoms with Gasteiger partial charge < -0.3 is 19.7 Å². The summed E-state index contributed by atoms with van der Waals surface area (Å²) in [7, 11) is 0. The quantitative estimate of drug-likeness (QED) is 0.370. The molecule has 4 heterocycles. The molecule has 4 saturated heterocycles. The maximum absolute atomic E-state index is 12.5. The number of hydrogen-bond donors (Lipinski definition) is 2. The van der Waals surface area contributed by atoms with E-state index in [1.165, 1.54) is 24.4 Å². The van der Waals surface area contributed by atoms with Gasteiger partial charge in [0, 0.05) is 19.1 Å². The number of likely N-dealkylation sites (tertiary alicyclic amines) is 1. The molecular formula is C16H26N5O6S-. The van der Waals surface area contributed by atoms with Crippen molar-refractivity contribution < 1.29 is 27.5 Å². The fourth-order valence-corrected chi connectivity index (χ4v) is 4.76. The zero-order valence-electron chi connectivity index (χ0n) is 15.6. The smallest absolute Gasteiger partial charge is 0.346 e. The van der Waals surface area contributed by atoms with Gasteiger partial charge in [-0.25, -0.2) is 14.5 Å². The van der Waals surface area contributed by atoms with Gasteiger partial charge in [0.2, 0.25) is 0 Å². The molecule has 0 aromatic carbocycles. The van der Waals surface area contributed by atoms with E-state index in [1.807, 2.05) is 0 Å². The van der Waals surface area contributed by atoms with E-state index in [4.69, 9.17) is 4.84 Å². The Balaban J connectivity index is 1.19. The van der Waals surface area contributed by atoms with Crippen molar-refractivity contribution in [3.05, 3.63) is 0 Å². The molecule has 158 valence electrons. The van der Waals surface area contributed by atoms with E-state index in [-0.39, 0.29) is 18.6 Å². The number of rotatable bonds is 8. The molecule has 28 heavy (non-hydrogen) atoms. The predicted octanol–water partition coefficient (Wildman–Crippen LogP) is -1.29. The second kappa shape index (κ2) is 8.59. The predicted molar refractivity (Wildman–Crippen MR) is 95.8 cm³/mol. The van der Waals surface area contributed by atoms with Crippen LogP contribution in [0.2, 0.25) is 0 Å². The Bertz CT molecular complexity index is 635. The first kappa shape index (κ1) is 20.0. The number of nitrogens with zero attached hydrogens (tertiary/aromatic N) is 3. The lowest BCUT2D eigenvalue weighted by Gasteiger charge is -2.32. The summed E-state index contributed by atoms with van der Waals surface area (Å²) in [5.74, 6) is 0.215. The molecule has 11 nitrogen and oxygen atoms in total. The van der Waals surface area contributed by atoms with E-state index in [0.29, 0.717) is 25.4 Å². The summed E-state index contributed by atoms with van der Waals surface area (Å²) in [6.45, 7) is 5.09. The molecule has 0 radical (unpaired) electrons. The minimum atomic E-state index is -2.82. The number of hydrogen-bond acceptors (Lipinski definition) is 8. The molecule has 12 heteroatoms. The Morgan fingerprint density at radius 3 is 2.89 bits per heavy atom. The topological polar surface area (TPSA) is 127 Å². The third kappa shape index (κ3) is 4.31. The number of urea groups is 1. The van der Waals surface area contributed by atoms with E-state index in [1.54, 1.807) is 0 Å². The molecule has 2 bridgehead atoms. The fraction of sp³-hybridized carbons (Fsp3) is 0.875. The molecule has 0 aromatic rings. The normalized spacial score (nSPS) is 33.8. The van der Waals surface area contributed by atoms with Crippen LogP contribution in [0.5, 0.6) is 0 Å². The SMILES string of the molecule is O=C(NOC[C@H]1C[C@@H](CN2CCC2)CN1)C1CCC2CN1C(=O)N2OS(=O)[O-]. The minimum absolute atomic E-state index is 0.201. The molecule has 4 aliphatic heterocycles. The highest BCUT2D eigenvalue weighted by Crippen LogP contribution is 2.30. The number of fused-ring (bicyclic) bond motifs is 2. The molecule has 4 aliphatic rings. The number of carbonyl (C=O) groups excluding carboxylic acids is 2. The maximum Gasteiger partial charge on any atom is 0.346 e. The van der Waals surface area contributed by atoms with E-state index in [9.17, 15) is 18.4 Å². The summed E-state index contributed by atoms with van der Waals surface area (Å²) in [5.41, 5.74) is 2.45. The number of nitrogens with one attached hydrogen (secondary N) is 2. The molecule has 0 aliphatic carbocycles.